The predicted octanol–water partition coefficient (Wildman–Crippen LogP) is 5.09. The van der Waals surface area contributed by atoms with Gasteiger partial charge in [-0.15, -0.1) is 0 Å². The van der Waals surface area contributed by atoms with Gasteiger partial charge in [-0.1, -0.05) is 44.0 Å². The second-order valence-electron chi connectivity index (χ2n) is 6.79. The first-order valence-corrected chi connectivity index (χ1v) is 10.3. The highest BCUT2D eigenvalue weighted by Crippen LogP contribution is 2.47. The molecule has 0 aliphatic rings. The standard InChI is InChI=1S/C24H6Br2O4/c25-17-6-14(10-30)20-12(8-28)2-4-16-22-18(26)5-13(9-29)19-11(7-27)1-3-15(23(19)22)21(17)24(16)20/h1-6H. The van der Waals surface area contributed by atoms with Gasteiger partial charge < -0.3 is 0 Å². The Morgan fingerprint density at radius 2 is 0.833 bits per heavy atom. The van der Waals surface area contributed by atoms with Crippen LogP contribution in [0.5, 0.6) is 0 Å². The molecule has 30 heavy (non-hydrogen) atoms. The number of halogens is 2. The summed E-state index contributed by atoms with van der Waals surface area (Å²) in [6.07, 6.45) is 7.65. The van der Waals surface area contributed by atoms with Gasteiger partial charge in [-0.3, -0.25) is 19.2 Å². The highest BCUT2D eigenvalue weighted by atomic mass is 79.9. The molecule has 0 atom stereocenters. The van der Waals surface area contributed by atoms with E-state index in [2.05, 4.69) is 31.9 Å². The zero-order chi connectivity index (χ0) is 21.2. The molecule has 5 rings (SSSR count). The smallest absolute Gasteiger partial charge is 0.234 e. The molecule has 0 N–H and O–H groups in total. The van der Waals surface area contributed by atoms with E-state index in [-0.39, 0.29) is 22.3 Å². The molecule has 0 saturated heterocycles. The molecule has 0 aliphatic heterocycles. The molecule has 5 aromatic carbocycles. The normalized spacial score (nSPS) is 11.5. The van der Waals surface area contributed by atoms with Crippen LogP contribution in [0.1, 0.15) is 22.3 Å². The van der Waals surface area contributed by atoms with E-state index in [0.717, 1.165) is 21.5 Å². The van der Waals surface area contributed by atoms with Crippen molar-refractivity contribution < 1.29 is 19.2 Å². The van der Waals surface area contributed by atoms with E-state index in [9.17, 15) is 19.2 Å². The first-order valence-electron chi connectivity index (χ1n) is 8.67. The van der Waals surface area contributed by atoms with Gasteiger partial charge in [0.1, 0.15) is 0 Å². The number of carbonyl (C=O) groups excluding carboxylic acids is 4. The lowest BCUT2D eigenvalue weighted by atomic mass is 9.85. The SMILES string of the molecule is O=[C]c1ccc2c3c(Br)cc([C]=O)c4c([C]=O)ccc(c5c(Br)cc([C]=O)c1c25)c43. The fourth-order valence-electron chi connectivity index (χ4n) is 4.34. The summed E-state index contributed by atoms with van der Waals surface area (Å²) in [5, 5.41) is 5.31. The summed E-state index contributed by atoms with van der Waals surface area (Å²) in [6.45, 7) is 0. The second-order valence-corrected chi connectivity index (χ2v) is 8.50. The Morgan fingerprint density at radius 1 is 0.467 bits per heavy atom. The monoisotopic (exact) mass is 516 g/mol. The van der Waals surface area contributed by atoms with Crippen LogP contribution in [0.2, 0.25) is 0 Å². The Morgan fingerprint density at radius 3 is 1.17 bits per heavy atom. The lowest BCUT2D eigenvalue weighted by Crippen LogP contribution is -1.99. The number of hydrogen-bond acceptors (Lipinski definition) is 4. The predicted molar refractivity (Wildman–Crippen MR) is 122 cm³/mol. The van der Waals surface area contributed by atoms with Gasteiger partial charge in [0.05, 0.1) is 0 Å². The lowest BCUT2D eigenvalue weighted by molar-refractivity contribution is 0.561. The molecule has 6 heteroatoms. The van der Waals surface area contributed by atoms with E-state index < -0.39 is 0 Å². The van der Waals surface area contributed by atoms with Gasteiger partial charge in [0.25, 0.3) is 0 Å². The van der Waals surface area contributed by atoms with Crippen LogP contribution in [0.15, 0.2) is 45.3 Å². The number of hydrogen-bond donors (Lipinski definition) is 0. The van der Waals surface area contributed by atoms with E-state index >= 15 is 0 Å². The molecule has 4 nitrogen and oxygen atoms in total. The van der Waals surface area contributed by atoms with Crippen molar-refractivity contribution in [3.63, 3.8) is 0 Å². The largest absolute Gasteiger partial charge is 0.285 e. The minimum Gasteiger partial charge on any atom is -0.285 e. The van der Waals surface area contributed by atoms with Crippen LogP contribution < -0.4 is 0 Å². The maximum Gasteiger partial charge on any atom is 0.234 e. The molecule has 5 aromatic rings. The molecule has 0 unspecified atom stereocenters. The van der Waals surface area contributed by atoms with E-state index in [1.165, 1.54) is 0 Å². The van der Waals surface area contributed by atoms with Crippen molar-refractivity contribution in [1.29, 1.82) is 0 Å². The number of rotatable bonds is 4. The molecule has 0 saturated carbocycles. The zero-order valence-corrected chi connectivity index (χ0v) is 18.0. The minimum atomic E-state index is 0.243. The van der Waals surface area contributed by atoms with E-state index in [0.29, 0.717) is 30.5 Å². The highest BCUT2D eigenvalue weighted by Gasteiger charge is 2.23. The molecule has 140 valence electrons. The molecule has 0 spiro atoms. The van der Waals surface area contributed by atoms with Gasteiger partial charge in [-0.25, -0.2) is 0 Å². The van der Waals surface area contributed by atoms with Crippen molar-refractivity contribution in [2.75, 3.05) is 0 Å². The molecule has 0 bridgehead atoms. The lowest BCUT2D eigenvalue weighted by Gasteiger charge is -2.19. The van der Waals surface area contributed by atoms with Gasteiger partial charge in [0.2, 0.25) is 25.1 Å². The van der Waals surface area contributed by atoms with Gasteiger partial charge in [0.15, 0.2) is 0 Å². The Bertz CT molecular complexity index is 1460. The fraction of sp³-hybridized carbons (Fsp3) is 0. The summed E-state index contributed by atoms with van der Waals surface area (Å²) in [5.74, 6) is 0. The maximum atomic E-state index is 11.7. The van der Waals surface area contributed by atoms with Crippen LogP contribution in [0.4, 0.5) is 0 Å². The Kier molecular flexibility index (Phi) is 4.31. The summed E-state index contributed by atoms with van der Waals surface area (Å²) in [7, 11) is 0. The van der Waals surface area contributed by atoms with Crippen LogP contribution in [-0.2, 0) is 19.2 Å². The Hall–Kier alpha value is -2.96. The molecular formula is C24H6Br2O4. The van der Waals surface area contributed by atoms with E-state index in [1.807, 2.05) is 25.1 Å². The molecule has 0 amide bonds. The Balaban J connectivity index is 2.28. The summed E-state index contributed by atoms with van der Waals surface area (Å²) >= 11 is 7.09. The van der Waals surface area contributed by atoms with Crippen LogP contribution in [-0.4, -0.2) is 25.1 Å². The molecule has 4 radical (unpaired) electrons. The molecular weight excluding hydrogens is 512 g/mol. The van der Waals surface area contributed by atoms with Crippen molar-refractivity contribution >= 4 is 100 Å². The van der Waals surface area contributed by atoms with Crippen molar-refractivity contribution in [2.45, 2.75) is 0 Å². The van der Waals surface area contributed by atoms with Crippen molar-refractivity contribution in [2.24, 2.45) is 0 Å². The average Bonchev–Trinajstić information content (AvgIpc) is 2.77. The van der Waals surface area contributed by atoms with Crippen molar-refractivity contribution in [1.82, 2.24) is 0 Å². The average molecular weight is 518 g/mol. The van der Waals surface area contributed by atoms with Gasteiger partial charge in [-0.05, 0) is 35.0 Å². The molecule has 0 heterocycles. The van der Waals surface area contributed by atoms with Gasteiger partial charge in [0, 0.05) is 63.5 Å². The third-order valence-electron chi connectivity index (χ3n) is 5.45. The molecule has 0 aliphatic carbocycles. The van der Waals surface area contributed by atoms with Crippen LogP contribution in [0.3, 0.4) is 0 Å². The third kappa shape index (κ3) is 2.32. The third-order valence-corrected chi connectivity index (χ3v) is 6.70. The summed E-state index contributed by atoms with van der Waals surface area (Å²) in [4.78, 5) is 46.6. The maximum absolute atomic E-state index is 11.7. The quantitative estimate of drug-likeness (QED) is 0.246. The zero-order valence-electron chi connectivity index (χ0n) is 14.9. The summed E-state index contributed by atoms with van der Waals surface area (Å²) in [6, 6.07) is 9.96. The van der Waals surface area contributed by atoms with Crippen molar-refractivity contribution in [3.05, 3.63) is 67.6 Å². The first kappa shape index (κ1) is 19.0. The first-order chi connectivity index (χ1) is 14.5. The highest BCUT2D eigenvalue weighted by molar-refractivity contribution is 9.11. The number of fused-ring (bicyclic) bond motifs is 2. The van der Waals surface area contributed by atoms with Crippen molar-refractivity contribution in [3.8, 4) is 0 Å². The van der Waals surface area contributed by atoms with E-state index in [4.69, 9.17) is 0 Å². The van der Waals surface area contributed by atoms with Gasteiger partial charge >= 0.3 is 0 Å². The van der Waals surface area contributed by atoms with Crippen LogP contribution in [0.25, 0.3) is 43.1 Å². The van der Waals surface area contributed by atoms with Crippen LogP contribution in [0, 0.1) is 0 Å². The molecule has 0 aromatic heterocycles. The van der Waals surface area contributed by atoms with E-state index in [1.54, 1.807) is 36.4 Å². The Labute approximate surface area is 186 Å². The summed E-state index contributed by atoms with van der Waals surface area (Å²) in [5.41, 5.74) is 0.999. The van der Waals surface area contributed by atoms with Gasteiger partial charge in [-0.2, -0.15) is 0 Å². The fourth-order valence-corrected chi connectivity index (χ4v) is 5.62. The summed E-state index contributed by atoms with van der Waals surface area (Å²) < 4.78 is 1.26. The van der Waals surface area contributed by atoms with Crippen LogP contribution >= 0.6 is 31.9 Å². The topological polar surface area (TPSA) is 68.3 Å². The molecule has 0 fully saturated rings. The number of benzene rings is 5. The minimum absolute atomic E-state index is 0.243. The second kappa shape index (κ2) is 6.79.